The molecule has 0 unspecified atom stereocenters. The van der Waals surface area contributed by atoms with Crippen LogP contribution in [-0.4, -0.2) is 35.1 Å². The quantitative estimate of drug-likeness (QED) is 0.584. The molecule has 0 saturated carbocycles. The minimum absolute atomic E-state index is 0.156. The number of nitrogens with one attached hydrogen (secondary N) is 1. The number of hydrogen-bond donors (Lipinski definition) is 1. The van der Waals surface area contributed by atoms with Gasteiger partial charge in [-0.1, -0.05) is 18.7 Å². The van der Waals surface area contributed by atoms with Gasteiger partial charge in [0, 0.05) is 16.6 Å². The Morgan fingerprint density at radius 3 is 3.00 bits per heavy atom. The maximum absolute atomic E-state index is 12.3. The van der Waals surface area contributed by atoms with E-state index in [0.29, 0.717) is 41.5 Å². The van der Waals surface area contributed by atoms with Crippen LogP contribution in [0.1, 0.15) is 23.8 Å². The molecule has 0 saturated heterocycles. The predicted octanol–water partition coefficient (Wildman–Crippen LogP) is 4.42. The summed E-state index contributed by atoms with van der Waals surface area (Å²) in [6.45, 7) is 3.33. The molecule has 3 aromatic rings. The molecule has 2 aliphatic rings. The zero-order valence-electron chi connectivity index (χ0n) is 16.5. The first-order valence-electron chi connectivity index (χ1n) is 9.92. The van der Waals surface area contributed by atoms with Gasteiger partial charge in [-0.15, -0.1) is 21.5 Å². The number of amides is 1. The van der Waals surface area contributed by atoms with Crippen molar-refractivity contribution in [3.8, 4) is 22.3 Å². The Labute approximate surface area is 182 Å². The SMILES string of the molecule is C[C@H]1CCc2sc(-c3nnc(SCC(=O)Nc4ccc5c(c4)OCCO5)o3)cc2C1. The van der Waals surface area contributed by atoms with E-state index in [1.807, 2.05) is 0 Å². The molecule has 30 heavy (non-hydrogen) atoms. The van der Waals surface area contributed by atoms with Gasteiger partial charge in [-0.2, -0.15) is 0 Å². The highest BCUT2D eigenvalue weighted by Crippen LogP contribution is 2.37. The summed E-state index contributed by atoms with van der Waals surface area (Å²) in [6.07, 6.45) is 3.47. The monoisotopic (exact) mass is 443 g/mol. The average molecular weight is 444 g/mol. The number of carbonyl (C=O) groups excluding carboxylic acids is 1. The van der Waals surface area contributed by atoms with E-state index in [1.165, 1.54) is 28.6 Å². The number of fused-ring (bicyclic) bond motifs is 2. The number of anilines is 1. The fourth-order valence-corrected chi connectivity index (χ4v) is 5.32. The molecule has 5 rings (SSSR count). The van der Waals surface area contributed by atoms with Gasteiger partial charge in [-0.05, 0) is 48.9 Å². The molecule has 1 N–H and O–H groups in total. The molecule has 1 amide bonds. The Morgan fingerprint density at radius 2 is 2.10 bits per heavy atom. The molecular formula is C21H21N3O4S2. The highest BCUT2D eigenvalue weighted by molar-refractivity contribution is 7.99. The molecular weight excluding hydrogens is 422 g/mol. The van der Waals surface area contributed by atoms with Crippen LogP contribution in [0, 0.1) is 5.92 Å². The molecule has 3 heterocycles. The minimum Gasteiger partial charge on any atom is -0.486 e. The summed E-state index contributed by atoms with van der Waals surface area (Å²) < 4.78 is 16.8. The van der Waals surface area contributed by atoms with Crippen LogP contribution in [0.2, 0.25) is 0 Å². The van der Waals surface area contributed by atoms with E-state index in [-0.39, 0.29) is 11.7 Å². The second kappa shape index (κ2) is 8.31. The fraction of sp³-hybridized carbons (Fsp3) is 0.381. The van der Waals surface area contributed by atoms with Gasteiger partial charge in [0.05, 0.1) is 10.6 Å². The smallest absolute Gasteiger partial charge is 0.277 e. The number of aromatic nitrogens is 2. The maximum atomic E-state index is 12.3. The lowest BCUT2D eigenvalue weighted by Crippen LogP contribution is -2.17. The van der Waals surface area contributed by atoms with E-state index in [1.54, 1.807) is 29.5 Å². The van der Waals surface area contributed by atoms with Gasteiger partial charge in [0.2, 0.25) is 5.91 Å². The lowest BCUT2D eigenvalue weighted by atomic mass is 9.90. The molecule has 7 nitrogen and oxygen atoms in total. The van der Waals surface area contributed by atoms with Crippen molar-refractivity contribution in [3.05, 3.63) is 34.7 Å². The number of nitrogens with zero attached hydrogens (tertiary/aromatic N) is 2. The van der Waals surface area contributed by atoms with Gasteiger partial charge in [0.25, 0.3) is 11.1 Å². The molecule has 1 aliphatic carbocycles. The summed E-state index contributed by atoms with van der Waals surface area (Å²) in [5.41, 5.74) is 2.06. The van der Waals surface area contributed by atoms with Crippen LogP contribution in [0.15, 0.2) is 33.9 Å². The van der Waals surface area contributed by atoms with Gasteiger partial charge in [0.15, 0.2) is 11.5 Å². The summed E-state index contributed by atoms with van der Waals surface area (Å²) in [6, 6.07) is 7.52. The number of aryl methyl sites for hydroxylation is 1. The van der Waals surface area contributed by atoms with Gasteiger partial charge in [0.1, 0.15) is 13.2 Å². The molecule has 156 valence electrons. The number of ether oxygens (including phenoxy) is 2. The molecule has 1 atom stereocenters. The van der Waals surface area contributed by atoms with Gasteiger partial charge < -0.3 is 19.2 Å². The largest absolute Gasteiger partial charge is 0.486 e. The third-order valence-electron chi connectivity index (χ3n) is 5.10. The zero-order chi connectivity index (χ0) is 20.5. The van der Waals surface area contributed by atoms with Crippen molar-refractivity contribution in [1.82, 2.24) is 10.2 Å². The third-order valence-corrected chi connectivity index (χ3v) is 7.14. The summed E-state index contributed by atoms with van der Waals surface area (Å²) >= 11 is 2.96. The topological polar surface area (TPSA) is 86.5 Å². The highest BCUT2D eigenvalue weighted by atomic mass is 32.2. The van der Waals surface area contributed by atoms with E-state index in [9.17, 15) is 4.79 Å². The molecule has 0 bridgehead atoms. The molecule has 0 spiro atoms. The summed E-state index contributed by atoms with van der Waals surface area (Å²) in [7, 11) is 0. The van der Waals surface area contributed by atoms with Crippen molar-refractivity contribution < 1.29 is 18.7 Å². The van der Waals surface area contributed by atoms with Crippen LogP contribution in [0.4, 0.5) is 5.69 Å². The lowest BCUT2D eigenvalue weighted by Gasteiger charge is -2.18. The van der Waals surface area contributed by atoms with Crippen LogP contribution < -0.4 is 14.8 Å². The van der Waals surface area contributed by atoms with Gasteiger partial charge >= 0.3 is 0 Å². The first-order chi connectivity index (χ1) is 14.6. The number of thiophene rings is 1. The standard InChI is InChI=1S/C21H21N3O4S2/c1-12-2-5-17-13(8-12)9-18(30-17)20-23-24-21(28-20)29-11-19(25)22-14-3-4-15-16(10-14)27-7-6-26-15/h3-4,9-10,12H,2,5-8,11H2,1H3,(H,22,25)/t12-/m0/s1. The van der Waals surface area contributed by atoms with Crippen molar-refractivity contribution in [1.29, 1.82) is 0 Å². The van der Waals surface area contributed by atoms with Crippen molar-refractivity contribution in [2.75, 3.05) is 24.3 Å². The van der Waals surface area contributed by atoms with Crippen LogP contribution in [0.5, 0.6) is 11.5 Å². The van der Waals surface area contributed by atoms with Gasteiger partial charge in [-0.25, -0.2) is 0 Å². The van der Waals surface area contributed by atoms with Crippen molar-refractivity contribution in [3.63, 3.8) is 0 Å². The van der Waals surface area contributed by atoms with E-state index >= 15 is 0 Å². The van der Waals surface area contributed by atoms with Crippen LogP contribution >= 0.6 is 23.1 Å². The first-order valence-corrected chi connectivity index (χ1v) is 11.7. The van der Waals surface area contributed by atoms with Gasteiger partial charge in [-0.3, -0.25) is 4.79 Å². The maximum Gasteiger partial charge on any atom is 0.277 e. The number of carbonyl (C=O) groups is 1. The fourth-order valence-electron chi connectivity index (χ4n) is 3.62. The van der Waals surface area contributed by atoms with E-state index in [0.717, 1.165) is 23.6 Å². The Hall–Kier alpha value is -2.52. The Balaban J connectivity index is 1.18. The second-order valence-electron chi connectivity index (χ2n) is 7.48. The van der Waals surface area contributed by atoms with E-state index in [4.69, 9.17) is 13.9 Å². The second-order valence-corrected chi connectivity index (χ2v) is 9.54. The number of hydrogen-bond acceptors (Lipinski definition) is 8. The van der Waals surface area contributed by atoms with E-state index in [2.05, 4.69) is 28.5 Å². The lowest BCUT2D eigenvalue weighted by molar-refractivity contribution is -0.113. The average Bonchev–Trinajstić information content (AvgIpc) is 3.38. The van der Waals surface area contributed by atoms with Crippen molar-refractivity contribution >= 4 is 34.7 Å². The third kappa shape index (κ3) is 4.17. The molecule has 2 aromatic heterocycles. The number of thioether (sulfide) groups is 1. The molecule has 0 fully saturated rings. The first kappa shape index (κ1) is 19.4. The Morgan fingerprint density at radius 1 is 1.23 bits per heavy atom. The molecule has 0 radical (unpaired) electrons. The van der Waals surface area contributed by atoms with Crippen LogP contribution in [-0.2, 0) is 17.6 Å². The Kier molecular flexibility index (Phi) is 5.39. The zero-order valence-corrected chi connectivity index (χ0v) is 18.1. The Bertz CT molecular complexity index is 1080. The summed E-state index contributed by atoms with van der Waals surface area (Å²) in [5.74, 6) is 2.60. The molecule has 1 aromatic carbocycles. The molecule has 1 aliphatic heterocycles. The predicted molar refractivity (Wildman–Crippen MR) is 116 cm³/mol. The van der Waals surface area contributed by atoms with Crippen LogP contribution in [0.3, 0.4) is 0 Å². The van der Waals surface area contributed by atoms with E-state index < -0.39 is 0 Å². The molecule has 9 heteroatoms. The minimum atomic E-state index is -0.156. The van der Waals surface area contributed by atoms with Crippen LogP contribution in [0.25, 0.3) is 10.8 Å². The normalized spacial score (nSPS) is 17.4. The van der Waals surface area contributed by atoms with Crippen molar-refractivity contribution in [2.24, 2.45) is 5.92 Å². The summed E-state index contributed by atoms with van der Waals surface area (Å²) in [5, 5.41) is 11.5. The van der Waals surface area contributed by atoms with Crippen molar-refractivity contribution in [2.45, 2.75) is 31.4 Å². The highest BCUT2D eigenvalue weighted by Gasteiger charge is 2.21. The number of benzene rings is 1. The summed E-state index contributed by atoms with van der Waals surface area (Å²) in [4.78, 5) is 14.7. The number of rotatable bonds is 5.